The largest absolute Gasteiger partial charge is 0.395 e. The van der Waals surface area contributed by atoms with Gasteiger partial charge in [0.1, 0.15) is 0 Å². The molecule has 0 bridgehead atoms. The van der Waals surface area contributed by atoms with E-state index in [1.807, 2.05) is 17.6 Å². The standard InChI is InChI=1S/C14H17IN4O4/c1-9(18-19-14(23)13(22)16-6-7-20)8-12(21)17-11-4-2-10(15)3-5-11/h2-5,20H,6-8H2,1H3,(H,16,22)(H,17,21)(H,19,23)/b18-9-. The summed E-state index contributed by atoms with van der Waals surface area (Å²) in [6.07, 6.45) is -0.0233. The monoisotopic (exact) mass is 432 g/mol. The van der Waals surface area contributed by atoms with Crippen molar-refractivity contribution in [1.82, 2.24) is 10.7 Å². The number of aliphatic hydroxyl groups is 1. The highest BCUT2D eigenvalue weighted by Gasteiger charge is 2.12. The van der Waals surface area contributed by atoms with Gasteiger partial charge in [-0.2, -0.15) is 5.10 Å². The number of nitrogens with one attached hydrogen (secondary N) is 3. The minimum atomic E-state index is -0.962. The second kappa shape index (κ2) is 9.90. The zero-order chi connectivity index (χ0) is 17.2. The molecule has 0 aliphatic heterocycles. The van der Waals surface area contributed by atoms with Crippen LogP contribution in [0.15, 0.2) is 29.4 Å². The molecule has 0 fully saturated rings. The van der Waals surface area contributed by atoms with Gasteiger partial charge in [-0.05, 0) is 53.8 Å². The first kappa shape index (κ1) is 19.0. The highest BCUT2D eigenvalue weighted by Crippen LogP contribution is 2.11. The maximum Gasteiger partial charge on any atom is 0.329 e. The van der Waals surface area contributed by atoms with Gasteiger partial charge in [-0.3, -0.25) is 14.4 Å². The summed E-state index contributed by atoms with van der Waals surface area (Å²) >= 11 is 2.16. The van der Waals surface area contributed by atoms with Crippen molar-refractivity contribution in [1.29, 1.82) is 0 Å². The highest BCUT2D eigenvalue weighted by atomic mass is 127. The number of hydrazone groups is 1. The summed E-state index contributed by atoms with van der Waals surface area (Å²) in [7, 11) is 0. The lowest BCUT2D eigenvalue weighted by atomic mass is 10.2. The van der Waals surface area contributed by atoms with Crippen molar-refractivity contribution in [3.63, 3.8) is 0 Å². The van der Waals surface area contributed by atoms with E-state index in [-0.39, 0.29) is 25.5 Å². The topological polar surface area (TPSA) is 120 Å². The number of benzene rings is 1. The second-order valence-corrected chi connectivity index (χ2v) is 5.74. The predicted octanol–water partition coefficient (Wildman–Crippen LogP) is 0.220. The minimum Gasteiger partial charge on any atom is -0.395 e. The van der Waals surface area contributed by atoms with Gasteiger partial charge in [0.2, 0.25) is 5.91 Å². The third kappa shape index (κ3) is 7.70. The van der Waals surface area contributed by atoms with Gasteiger partial charge in [0.15, 0.2) is 0 Å². The Morgan fingerprint density at radius 2 is 1.83 bits per heavy atom. The van der Waals surface area contributed by atoms with E-state index in [1.54, 1.807) is 19.1 Å². The summed E-state index contributed by atoms with van der Waals surface area (Å²) in [6, 6.07) is 7.28. The van der Waals surface area contributed by atoms with E-state index < -0.39 is 11.8 Å². The van der Waals surface area contributed by atoms with Crippen LogP contribution >= 0.6 is 22.6 Å². The number of hydrogen-bond acceptors (Lipinski definition) is 5. The van der Waals surface area contributed by atoms with Crippen LogP contribution in [0.2, 0.25) is 0 Å². The summed E-state index contributed by atoms with van der Waals surface area (Å²) in [5.74, 6) is -2.15. The molecule has 9 heteroatoms. The fraction of sp³-hybridized carbons (Fsp3) is 0.286. The van der Waals surface area contributed by atoms with Gasteiger partial charge in [-0.1, -0.05) is 0 Å². The zero-order valence-electron chi connectivity index (χ0n) is 12.4. The van der Waals surface area contributed by atoms with Gasteiger partial charge in [-0.25, -0.2) is 5.43 Å². The summed E-state index contributed by atoms with van der Waals surface area (Å²) in [6.45, 7) is 1.27. The number of nitrogens with zero attached hydrogens (tertiary/aromatic N) is 1. The predicted molar refractivity (Wildman–Crippen MR) is 93.8 cm³/mol. The summed E-state index contributed by atoms with van der Waals surface area (Å²) in [5.41, 5.74) is 3.05. The smallest absolute Gasteiger partial charge is 0.329 e. The highest BCUT2D eigenvalue weighted by molar-refractivity contribution is 14.1. The van der Waals surface area contributed by atoms with E-state index in [1.165, 1.54) is 0 Å². The van der Waals surface area contributed by atoms with Crippen molar-refractivity contribution >= 4 is 51.7 Å². The number of halogens is 1. The second-order valence-electron chi connectivity index (χ2n) is 4.50. The fourth-order valence-electron chi connectivity index (χ4n) is 1.46. The van der Waals surface area contributed by atoms with Crippen molar-refractivity contribution < 1.29 is 19.5 Å². The van der Waals surface area contributed by atoms with Crippen molar-refractivity contribution in [3.8, 4) is 0 Å². The van der Waals surface area contributed by atoms with Gasteiger partial charge < -0.3 is 15.7 Å². The Balaban J connectivity index is 2.43. The molecule has 0 unspecified atom stereocenters. The van der Waals surface area contributed by atoms with E-state index in [2.05, 4.69) is 38.3 Å². The van der Waals surface area contributed by atoms with Crippen LogP contribution in [0.25, 0.3) is 0 Å². The summed E-state index contributed by atoms with van der Waals surface area (Å²) in [4.78, 5) is 34.4. The molecule has 124 valence electrons. The molecule has 0 aliphatic rings. The van der Waals surface area contributed by atoms with E-state index in [0.29, 0.717) is 11.4 Å². The molecule has 0 aliphatic carbocycles. The van der Waals surface area contributed by atoms with Crippen LogP contribution in [0, 0.1) is 3.57 Å². The first-order valence-corrected chi connectivity index (χ1v) is 7.78. The van der Waals surface area contributed by atoms with Gasteiger partial charge >= 0.3 is 11.8 Å². The van der Waals surface area contributed by atoms with Crippen LogP contribution < -0.4 is 16.1 Å². The van der Waals surface area contributed by atoms with Crippen LogP contribution in [0.1, 0.15) is 13.3 Å². The van der Waals surface area contributed by atoms with Gasteiger partial charge in [0, 0.05) is 21.5 Å². The van der Waals surface area contributed by atoms with Crippen LogP contribution in [-0.4, -0.2) is 41.7 Å². The lowest BCUT2D eigenvalue weighted by Crippen LogP contribution is -2.39. The van der Waals surface area contributed by atoms with E-state index in [0.717, 1.165) is 3.57 Å². The van der Waals surface area contributed by atoms with E-state index >= 15 is 0 Å². The molecular weight excluding hydrogens is 415 g/mol. The average molecular weight is 432 g/mol. The van der Waals surface area contributed by atoms with Crippen LogP contribution in [0.3, 0.4) is 0 Å². The van der Waals surface area contributed by atoms with E-state index in [4.69, 9.17) is 5.11 Å². The molecule has 0 atom stereocenters. The Labute approximate surface area is 146 Å². The first-order valence-electron chi connectivity index (χ1n) is 6.70. The lowest BCUT2D eigenvalue weighted by molar-refractivity contribution is -0.139. The molecule has 1 aromatic carbocycles. The molecule has 23 heavy (non-hydrogen) atoms. The number of hydrogen-bond donors (Lipinski definition) is 4. The Bertz CT molecular complexity index is 601. The van der Waals surface area contributed by atoms with Gasteiger partial charge in [0.25, 0.3) is 0 Å². The van der Waals surface area contributed by atoms with Crippen molar-refractivity contribution in [2.24, 2.45) is 5.10 Å². The van der Waals surface area contributed by atoms with E-state index in [9.17, 15) is 14.4 Å². The number of carbonyl (C=O) groups excluding carboxylic acids is 3. The molecule has 1 rings (SSSR count). The molecule has 4 N–H and O–H groups in total. The average Bonchev–Trinajstić information content (AvgIpc) is 2.52. The lowest BCUT2D eigenvalue weighted by Gasteiger charge is -2.06. The first-order chi connectivity index (χ1) is 10.9. The number of anilines is 1. The number of rotatable bonds is 6. The molecule has 0 saturated carbocycles. The Kier molecular flexibility index (Phi) is 8.19. The number of carbonyl (C=O) groups is 3. The van der Waals surface area contributed by atoms with Gasteiger partial charge in [-0.15, -0.1) is 0 Å². The maximum atomic E-state index is 11.8. The molecule has 8 nitrogen and oxygen atoms in total. The Morgan fingerprint density at radius 3 is 2.43 bits per heavy atom. The van der Waals surface area contributed by atoms with Crippen LogP contribution in [0.5, 0.6) is 0 Å². The van der Waals surface area contributed by atoms with Gasteiger partial charge in [0.05, 0.1) is 13.0 Å². The number of aliphatic hydroxyl groups excluding tert-OH is 1. The third-order valence-electron chi connectivity index (χ3n) is 2.50. The summed E-state index contributed by atoms with van der Waals surface area (Å²) < 4.78 is 1.06. The Hall–Kier alpha value is -2.01. The molecule has 3 amide bonds. The molecule has 0 radical (unpaired) electrons. The zero-order valence-corrected chi connectivity index (χ0v) is 14.6. The van der Waals surface area contributed by atoms with Crippen molar-refractivity contribution in [2.45, 2.75) is 13.3 Å². The normalized spacial score (nSPS) is 10.8. The van der Waals surface area contributed by atoms with Crippen LogP contribution in [-0.2, 0) is 14.4 Å². The van der Waals surface area contributed by atoms with Crippen molar-refractivity contribution in [3.05, 3.63) is 27.8 Å². The molecule has 1 aromatic rings. The van der Waals surface area contributed by atoms with Crippen molar-refractivity contribution in [2.75, 3.05) is 18.5 Å². The SMILES string of the molecule is C/C(CC(=O)Nc1ccc(I)cc1)=N/NC(=O)C(=O)NCCO. The quantitative estimate of drug-likeness (QED) is 0.223. The van der Waals surface area contributed by atoms with Crippen LogP contribution in [0.4, 0.5) is 5.69 Å². The summed E-state index contributed by atoms with van der Waals surface area (Å²) in [5, 5.41) is 17.1. The molecule has 0 heterocycles. The third-order valence-corrected chi connectivity index (χ3v) is 3.22. The molecule has 0 spiro atoms. The Morgan fingerprint density at radius 1 is 1.17 bits per heavy atom. The molecule has 0 aromatic heterocycles. The molecule has 0 saturated heterocycles. The fourth-order valence-corrected chi connectivity index (χ4v) is 1.82. The minimum absolute atomic E-state index is 0.0205. The maximum absolute atomic E-state index is 11.8. The molecular formula is C14H17IN4O4. The number of amides is 3.